The normalized spacial score (nSPS) is 10.1. The van der Waals surface area contributed by atoms with Gasteiger partial charge in [0.25, 0.3) is 0 Å². The molecule has 0 heterocycles. The van der Waals surface area contributed by atoms with Crippen LogP contribution in [0.2, 0.25) is 0 Å². The summed E-state index contributed by atoms with van der Waals surface area (Å²) in [5, 5.41) is 0. The lowest BCUT2D eigenvalue weighted by Crippen LogP contribution is -2.21. The van der Waals surface area contributed by atoms with Crippen LogP contribution in [0.3, 0.4) is 0 Å². The number of hydrogen-bond donors (Lipinski definition) is 0. The first-order chi connectivity index (χ1) is 8.83. The predicted molar refractivity (Wildman–Crippen MR) is 76.2 cm³/mol. The van der Waals surface area contributed by atoms with Crippen LogP contribution in [-0.4, -0.2) is 13.7 Å². The van der Waals surface area contributed by atoms with Gasteiger partial charge in [0, 0.05) is 18.8 Å². The zero-order chi connectivity index (χ0) is 12.8. The van der Waals surface area contributed by atoms with Crippen LogP contribution in [0, 0.1) is 0 Å². The van der Waals surface area contributed by atoms with Crippen molar-refractivity contribution in [3.8, 4) is 5.75 Å². The molecule has 0 aromatic heterocycles. The molecule has 0 bridgehead atoms. The van der Waals surface area contributed by atoms with E-state index in [1.807, 2.05) is 18.2 Å². The molecule has 0 unspecified atom stereocenters. The summed E-state index contributed by atoms with van der Waals surface area (Å²) >= 11 is 0. The van der Waals surface area contributed by atoms with Crippen LogP contribution >= 0.6 is 0 Å². The second-order valence-corrected chi connectivity index (χ2v) is 4.20. The Morgan fingerprint density at radius 1 is 0.944 bits per heavy atom. The predicted octanol–water partition coefficient (Wildman–Crippen LogP) is 3.72. The van der Waals surface area contributed by atoms with Crippen molar-refractivity contribution in [2.45, 2.75) is 13.5 Å². The van der Waals surface area contributed by atoms with Gasteiger partial charge >= 0.3 is 0 Å². The second kappa shape index (κ2) is 6.10. The third kappa shape index (κ3) is 3.04. The summed E-state index contributed by atoms with van der Waals surface area (Å²) in [6.07, 6.45) is 0. The number of nitrogens with zero attached hydrogens (tertiary/aromatic N) is 1. The van der Waals surface area contributed by atoms with Crippen molar-refractivity contribution in [3.05, 3.63) is 60.2 Å². The van der Waals surface area contributed by atoms with Crippen LogP contribution in [0.25, 0.3) is 0 Å². The Morgan fingerprint density at radius 3 is 2.17 bits per heavy atom. The minimum absolute atomic E-state index is 0.904. The molecule has 2 nitrogen and oxygen atoms in total. The first-order valence-electron chi connectivity index (χ1n) is 6.26. The Morgan fingerprint density at radius 2 is 1.61 bits per heavy atom. The average Bonchev–Trinajstić information content (AvgIpc) is 2.46. The van der Waals surface area contributed by atoms with E-state index in [0.717, 1.165) is 18.8 Å². The van der Waals surface area contributed by atoms with Gasteiger partial charge < -0.3 is 9.64 Å². The van der Waals surface area contributed by atoms with Gasteiger partial charge in [0.1, 0.15) is 5.75 Å². The van der Waals surface area contributed by atoms with Crippen molar-refractivity contribution in [2.24, 2.45) is 0 Å². The van der Waals surface area contributed by atoms with Crippen molar-refractivity contribution in [3.63, 3.8) is 0 Å². The molecule has 94 valence electrons. The average molecular weight is 241 g/mol. The maximum absolute atomic E-state index is 5.17. The molecule has 2 aromatic carbocycles. The molecule has 0 aliphatic rings. The van der Waals surface area contributed by atoms with Crippen LogP contribution in [0.1, 0.15) is 12.5 Å². The van der Waals surface area contributed by atoms with Gasteiger partial charge in [-0.3, -0.25) is 0 Å². The molecule has 0 amide bonds. The van der Waals surface area contributed by atoms with Gasteiger partial charge in [-0.1, -0.05) is 30.3 Å². The van der Waals surface area contributed by atoms with E-state index in [1.165, 1.54) is 11.3 Å². The Labute approximate surface area is 109 Å². The van der Waals surface area contributed by atoms with Crippen LogP contribution < -0.4 is 9.64 Å². The van der Waals surface area contributed by atoms with E-state index in [-0.39, 0.29) is 0 Å². The summed E-state index contributed by atoms with van der Waals surface area (Å²) in [5.41, 5.74) is 2.55. The zero-order valence-corrected chi connectivity index (χ0v) is 11.0. The number of anilines is 1. The monoisotopic (exact) mass is 241 g/mol. The number of rotatable bonds is 5. The first kappa shape index (κ1) is 12.5. The lowest BCUT2D eigenvalue weighted by molar-refractivity contribution is 0.414. The zero-order valence-electron chi connectivity index (χ0n) is 11.0. The Balaban J connectivity index is 2.10. The van der Waals surface area contributed by atoms with E-state index in [4.69, 9.17) is 4.74 Å². The highest BCUT2D eigenvalue weighted by atomic mass is 16.5. The maximum Gasteiger partial charge on any atom is 0.118 e. The first-order valence-corrected chi connectivity index (χ1v) is 6.26. The lowest BCUT2D eigenvalue weighted by Gasteiger charge is -2.23. The van der Waals surface area contributed by atoms with Gasteiger partial charge in [0.2, 0.25) is 0 Å². The van der Waals surface area contributed by atoms with Gasteiger partial charge in [-0.05, 0) is 36.8 Å². The summed E-state index contributed by atoms with van der Waals surface area (Å²) in [7, 11) is 1.69. The van der Waals surface area contributed by atoms with Gasteiger partial charge in [0.05, 0.1) is 7.11 Å². The SMILES string of the molecule is CCN(Cc1ccc(OC)cc1)c1ccccc1. The molecular formula is C16H19NO. The van der Waals surface area contributed by atoms with Crippen LogP contribution in [-0.2, 0) is 6.54 Å². The summed E-state index contributed by atoms with van der Waals surface area (Å²) in [4.78, 5) is 2.35. The minimum Gasteiger partial charge on any atom is -0.497 e. The molecule has 0 aliphatic heterocycles. The number of hydrogen-bond acceptors (Lipinski definition) is 2. The van der Waals surface area contributed by atoms with Crippen molar-refractivity contribution in [1.29, 1.82) is 0 Å². The van der Waals surface area contributed by atoms with Crippen molar-refractivity contribution >= 4 is 5.69 Å². The molecule has 0 aliphatic carbocycles. The topological polar surface area (TPSA) is 12.5 Å². The fourth-order valence-electron chi connectivity index (χ4n) is 1.98. The standard InChI is InChI=1S/C16H19NO/c1-3-17(15-7-5-4-6-8-15)13-14-9-11-16(18-2)12-10-14/h4-12H,3,13H2,1-2H3. The summed E-state index contributed by atoms with van der Waals surface area (Å²) in [6, 6.07) is 18.7. The molecule has 18 heavy (non-hydrogen) atoms. The van der Waals surface area contributed by atoms with Crippen LogP contribution in [0.5, 0.6) is 5.75 Å². The molecule has 0 fully saturated rings. The van der Waals surface area contributed by atoms with E-state index in [1.54, 1.807) is 7.11 Å². The largest absolute Gasteiger partial charge is 0.497 e. The van der Waals surface area contributed by atoms with Gasteiger partial charge in [-0.2, -0.15) is 0 Å². The van der Waals surface area contributed by atoms with E-state index in [0.29, 0.717) is 0 Å². The second-order valence-electron chi connectivity index (χ2n) is 4.20. The fraction of sp³-hybridized carbons (Fsp3) is 0.250. The van der Waals surface area contributed by atoms with Crippen molar-refractivity contribution < 1.29 is 4.74 Å². The highest BCUT2D eigenvalue weighted by Gasteiger charge is 2.04. The molecule has 2 aromatic rings. The number of methoxy groups -OCH3 is 1. The molecule has 0 N–H and O–H groups in total. The smallest absolute Gasteiger partial charge is 0.118 e. The molecule has 0 atom stereocenters. The third-order valence-electron chi connectivity index (χ3n) is 3.04. The Hall–Kier alpha value is -1.96. The fourth-order valence-corrected chi connectivity index (χ4v) is 1.98. The van der Waals surface area contributed by atoms with E-state index < -0.39 is 0 Å². The van der Waals surface area contributed by atoms with E-state index in [2.05, 4.69) is 48.2 Å². The number of benzene rings is 2. The maximum atomic E-state index is 5.17. The molecule has 2 heteroatoms. The number of para-hydroxylation sites is 1. The van der Waals surface area contributed by atoms with Gasteiger partial charge in [-0.15, -0.1) is 0 Å². The van der Waals surface area contributed by atoms with Gasteiger partial charge in [0.15, 0.2) is 0 Å². The molecule has 2 rings (SSSR count). The highest BCUT2D eigenvalue weighted by molar-refractivity contribution is 5.46. The highest BCUT2D eigenvalue weighted by Crippen LogP contribution is 2.18. The molecule has 0 radical (unpaired) electrons. The summed E-state index contributed by atoms with van der Waals surface area (Å²) < 4.78 is 5.17. The Bertz CT molecular complexity index is 464. The van der Waals surface area contributed by atoms with Gasteiger partial charge in [-0.25, -0.2) is 0 Å². The van der Waals surface area contributed by atoms with E-state index >= 15 is 0 Å². The number of ether oxygens (including phenoxy) is 1. The van der Waals surface area contributed by atoms with E-state index in [9.17, 15) is 0 Å². The molecule has 0 saturated heterocycles. The summed E-state index contributed by atoms with van der Waals surface area (Å²) in [6.45, 7) is 4.09. The lowest BCUT2D eigenvalue weighted by atomic mass is 10.2. The molecular weight excluding hydrogens is 222 g/mol. The Kier molecular flexibility index (Phi) is 4.24. The molecule has 0 spiro atoms. The summed E-state index contributed by atoms with van der Waals surface area (Å²) in [5.74, 6) is 0.904. The van der Waals surface area contributed by atoms with Crippen LogP contribution in [0.4, 0.5) is 5.69 Å². The van der Waals surface area contributed by atoms with Crippen LogP contribution in [0.15, 0.2) is 54.6 Å². The third-order valence-corrected chi connectivity index (χ3v) is 3.04. The van der Waals surface area contributed by atoms with Crippen molar-refractivity contribution in [2.75, 3.05) is 18.6 Å². The quantitative estimate of drug-likeness (QED) is 0.791. The van der Waals surface area contributed by atoms with Crippen molar-refractivity contribution in [1.82, 2.24) is 0 Å². The minimum atomic E-state index is 0.904. The molecule has 0 saturated carbocycles.